The van der Waals surface area contributed by atoms with E-state index in [2.05, 4.69) is 15.2 Å². The summed E-state index contributed by atoms with van der Waals surface area (Å²) in [4.78, 5) is 12.8. The number of aromatic nitrogens is 1. The summed E-state index contributed by atoms with van der Waals surface area (Å²) in [5.41, 5.74) is 3.88. The number of benzene rings is 1. The molecule has 0 spiro atoms. The van der Waals surface area contributed by atoms with E-state index in [9.17, 15) is 18.3 Å². The van der Waals surface area contributed by atoms with Gasteiger partial charge in [-0.1, -0.05) is 22.9 Å². The van der Waals surface area contributed by atoms with Crippen molar-refractivity contribution < 1.29 is 22.8 Å². The molecule has 1 atom stereocenters. The molecule has 8 nitrogen and oxygen atoms in total. The average molecular weight is 450 g/mol. The number of amides is 1. The summed E-state index contributed by atoms with van der Waals surface area (Å²) in [6.45, 7) is 8.70. The third kappa shape index (κ3) is 4.25. The van der Waals surface area contributed by atoms with Gasteiger partial charge in [0.2, 0.25) is 5.88 Å². The molecule has 1 aromatic carbocycles. The minimum atomic E-state index is -4.07. The van der Waals surface area contributed by atoms with Gasteiger partial charge in [0.15, 0.2) is 0 Å². The van der Waals surface area contributed by atoms with Gasteiger partial charge < -0.3 is 14.9 Å². The minimum absolute atomic E-state index is 0.0100. The number of carbonyl (C=O) groups is 1. The van der Waals surface area contributed by atoms with Gasteiger partial charge in [-0.05, 0) is 51.6 Å². The third-order valence-corrected chi connectivity index (χ3v) is 7.12. The fraction of sp³-hybridized carbons (Fsp3) is 0.300. The third-order valence-electron chi connectivity index (χ3n) is 4.71. The molecule has 0 fully saturated rings. The van der Waals surface area contributed by atoms with Gasteiger partial charge in [-0.2, -0.15) is 0 Å². The molecule has 0 radical (unpaired) electrons. The Morgan fingerprint density at radius 1 is 1.23 bits per heavy atom. The Bertz CT molecular complexity index is 1210. The van der Waals surface area contributed by atoms with Crippen LogP contribution in [0.5, 0.6) is 0 Å². The van der Waals surface area contributed by atoms with Crippen molar-refractivity contribution in [2.45, 2.75) is 45.6 Å². The number of nitrogens with one attached hydrogen (secondary N) is 2. The summed E-state index contributed by atoms with van der Waals surface area (Å²) in [5.74, 6) is -0.569. The number of carbonyl (C=O) groups excluding carboxylic acids is 1. The normalized spacial score (nSPS) is 12.6. The minimum Gasteiger partial charge on any atom is -0.389 e. The van der Waals surface area contributed by atoms with E-state index in [0.29, 0.717) is 22.5 Å². The Balaban J connectivity index is 1.94. The number of aliphatic hydroxyl groups is 1. The number of aliphatic hydroxyl groups excluding tert-OH is 1. The van der Waals surface area contributed by atoms with Gasteiger partial charge in [0.25, 0.3) is 15.9 Å². The maximum atomic E-state index is 13.0. The lowest BCUT2D eigenvalue weighted by atomic mass is 10.0. The maximum absolute atomic E-state index is 13.0. The van der Waals surface area contributed by atoms with Crippen LogP contribution in [-0.2, 0) is 10.0 Å². The number of sulfonamides is 1. The van der Waals surface area contributed by atoms with Gasteiger partial charge in [-0.15, -0.1) is 11.3 Å². The molecule has 0 saturated heterocycles. The molecule has 0 aliphatic rings. The Kier molecular flexibility index (Phi) is 6.02. The molecule has 0 aliphatic carbocycles. The van der Waals surface area contributed by atoms with Crippen LogP contribution in [-0.4, -0.2) is 24.6 Å². The number of hydrogen-bond donors (Lipinski definition) is 3. The summed E-state index contributed by atoms with van der Waals surface area (Å²) < 4.78 is 33.1. The van der Waals surface area contributed by atoms with Gasteiger partial charge in [0.05, 0.1) is 11.8 Å². The summed E-state index contributed by atoms with van der Waals surface area (Å²) in [5, 5.41) is 18.1. The van der Waals surface area contributed by atoms with E-state index in [-0.39, 0.29) is 15.7 Å². The zero-order valence-electron chi connectivity index (χ0n) is 17.2. The Hall–Kier alpha value is -2.69. The lowest BCUT2D eigenvalue weighted by molar-refractivity contribution is 0.102. The molecule has 1 unspecified atom stereocenters. The molecule has 1 amide bonds. The highest BCUT2D eigenvalue weighted by Gasteiger charge is 2.27. The second-order valence-corrected chi connectivity index (χ2v) is 9.68. The molecule has 3 N–H and O–H groups in total. The van der Waals surface area contributed by atoms with Crippen LogP contribution in [0.2, 0.25) is 0 Å². The first kappa shape index (κ1) is 22.0. The molecule has 160 valence electrons. The van der Waals surface area contributed by atoms with Gasteiger partial charge in [0, 0.05) is 16.8 Å². The summed E-state index contributed by atoms with van der Waals surface area (Å²) >= 11 is 1.01. The molecule has 0 aliphatic heterocycles. The van der Waals surface area contributed by atoms with Crippen molar-refractivity contribution in [3.8, 4) is 0 Å². The van der Waals surface area contributed by atoms with Crippen LogP contribution in [0.1, 0.15) is 50.6 Å². The zero-order valence-corrected chi connectivity index (χ0v) is 18.9. The van der Waals surface area contributed by atoms with E-state index < -0.39 is 22.0 Å². The van der Waals surface area contributed by atoms with Crippen LogP contribution in [0.3, 0.4) is 0 Å². The van der Waals surface area contributed by atoms with Crippen LogP contribution < -0.4 is 10.0 Å². The van der Waals surface area contributed by atoms with Crippen LogP contribution in [0.4, 0.5) is 11.6 Å². The van der Waals surface area contributed by atoms with Crippen LogP contribution in [0, 0.1) is 27.7 Å². The first-order valence-electron chi connectivity index (χ1n) is 9.15. The molecular formula is C20H23N3O5S2. The molecule has 3 aromatic rings. The highest BCUT2D eigenvalue weighted by Crippen LogP contribution is 2.31. The Morgan fingerprint density at radius 2 is 1.93 bits per heavy atom. The Labute approximate surface area is 179 Å². The zero-order chi connectivity index (χ0) is 22.2. The Morgan fingerprint density at radius 3 is 2.53 bits per heavy atom. The predicted octanol–water partition coefficient (Wildman–Crippen LogP) is 4.08. The predicted molar refractivity (Wildman–Crippen MR) is 116 cm³/mol. The van der Waals surface area contributed by atoms with Crippen molar-refractivity contribution in [2.75, 3.05) is 10.0 Å². The SMILES string of the molecule is Cc1cc(C)c(NC(=O)c2sccc2S(=O)(=O)Nc2onc(C)c2C)c(C(C)O)c1. The first-order valence-corrected chi connectivity index (χ1v) is 11.5. The van der Waals surface area contributed by atoms with E-state index in [4.69, 9.17) is 4.52 Å². The first-order chi connectivity index (χ1) is 14.0. The lowest BCUT2D eigenvalue weighted by Gasteiger charge is -2.17. The smallest absolute Gasteiger partial charge is 0.267 e. The van der Waals surface area contributed by atoms with Gasteiger partial charge >= 0.3 is 0 Å². The van der Waals surface area contributed by atoms with Gasteiger partial charge in [0.1, 0.15) is 9.77 Å². The van der Waals surface area contributed by atoms with E-state index in [1.807, 2.05) is 19.9 Å². The van der Waals surface area contributed by atoms with Gasteiger partial charge in [-0.3, -0.25) is 4.79 Å². The summed E-state index contributed by atoms with van der Waals surface area (Å²) in [7, 11) is -4.07. The highest BCUT2D eigenvalue weighted by atomic mass is 32.2. The van der Waals surface area contributed by atoms with E-state index in [1.165, 1.54) is 11.4 Å². The van der Waals surface area contributed by atoms with Gasteiger partial charge in [-0.25, -0.2) is 13.1 Å². The molecule has 10 heteroatoms. The molecule has 0 saturated carbocycles. The number of hydrogen-bond acceptors (Lipinski definition) is 7. The van der Waals surface area contributed by atoms with Crippen molar-refractivity contribution in [3.63, 3.8) is 0 Å². The number of rotatable bonds is 6. The molecule has 3 rings (SSSR count). The quantitative estimate of drug-likeness (QED) is 0.521. The largest absolute Gasteiger partial charge is 0.389 e. The van der Waals surface area contributed by atoms with E-state index >= 15 is 0 Å². The second-order valence-electron chi connectivity index (χ2n) is 7.12. The fourth-order valence-electron chi connectivity index (χ4n) is 3.03. The van der Waals surface area contributed by atoms with Crippen molar-refractivity contribution >= 4 is 38.8 Å². The highest BCUT2D eigenvalue weighted by molar-refractivity contribution is 7.93. The van der Waals surface area contributed by atoms with Crippen molar-refractivity contribution in [1.29, 1.82) is 0 Å². The molecule has 2 heterocycles. The number of anilines is 2. The topological polar surface area (TPSA) is 122 Å². The number of thiophene rings is 1. The summed E-state index contributed by atoms with van der Waals surface area (Å²) in [6.07, 6.45) is -0.801. The monoisotopic (exact) mass is 449 g/mol. The van der Waals surface area contributed by atoms with Crippen LogP contribution in [0.15, 0.2) is 33.0 Å². The summed E-state index contributed by atoms with van der Waals surface area (Å²) in [6, 6.07) is 5.03. The van der Waals surface area contributed by atoms with Crippen molar-refractivity contribution in [1.82, 2.24) is 5.16 Å². The second kappa shape index (κ2) is 8.21. The fourth-order valence-corrected chi connectivity index (χ4v) is 5.40. The van der Waals surface area contributed by atoms with E-state index in [0.717, 1.165) is 22.5 Å². The number of aryl methyl sites for hydroxylation is 3. The van der Waals surface area contributed by atoms with Crippen molar-refractivity contribution in [2.24, 2.45) is 0 Å². The standard InChI is InChI=1S/C20H23N3O5S2/c1-10-8-11(2)17(15(9-10)14(5)24)21-19(25)18-16(6-7-29-18)30(26,27)23-20-12(3)13(4)22-28-20/h6-9,14,23-24H,1-5H3,(H,21,25). The molecule has 2 aromatic heterocycles. The average Bonchev–Trinajstić information content (AvgIpc) is 3.26. The van der Waals surface area contributed by atoms with Crippen LogP contribution in [0.25, 0.3) is 0 Å². The molecular weight excluding hydrogens is 426 g/mol. The van der Waals surface area contributed by atoms with Crippen LogP contribution >= 0.6 is 11.3 Å². The number of nitrogens with zero attached hydrogens (tertiary/aromatic N) is 1. The van der Waals surface area contributed by atoms with Crippen molar-refractivity contribution in [3.05, 3.63) is 56.4 Å². The maximum Gasteiger partial charge on any atom is 0.267 e. The lowest BCUT2D eigenvalue weighted by Crippen LogP contribution is -2.19. The molecule has 30 heavy (non-hydrogen) atoms. The molecule has 0 bridgehead atoms. The van der Waals surface area contributed by atoms with E-state index in [1.54, 1.807) is 26.8 Å².